The molecule has 27 heavy (non-hydrogen) atoms. The molecule has 1 saturated heterocycles. The van der Waals surface area contributed by atoms with Crippen LogP contribution in [0.4, 0.5) is 11.6 Å². The van der Waals surface area contributed by atoms with Gasteiger partial charge in [0.05, 0.1) is 4.90 Å². The average Bonchev–Trinajstić information content (AvgIpc) is 2.68. The molecule has 144 valence electrons. The Hall–Kier alpha value is -2.68. The summed E-state index contributed by atoms with van der Waals surface area (Å²) < 4.78 is 27.4. The lowest BCUT2D eigenvalue weighted by atomic mass is 10.2. The summed E-state index contributed by atoms with van der Waals surface area (Å²) in [6, 6.07) is 10.1. The topological polar surface area (TPSA) is 95.5 Å². The van der Waals surface area contributed by atoms with Gasteiger partial charge in [-0.05, 0) is 36.2 Å². The highest BCUT2D eigenvalue weighted by Gasteiger charge is 2.20. The molecule has 0 atom stereocenters. The Morgan fingerprint density at radius 3 is 2.22 bits per heavy atom. The molecule has 2 aromatic rings. The lowest BCUT2D eigenvalue weighted by molar-refractivity contribution is -0.129. The number of amides is 1. The van der Waals surface area contributed by atoms with Crippen molar-refractivity contribution < 1.29 is 13.2 Å². The highest BCUT2D eigenvalue weighted by Crippen LogP contribution is 2.18. The van der Waals surface area contributed by atoms with Gasteiger partial charge in [-0.15, -0.1) is 10.2 Å². The number of carbonyl (C=O) groups excluding carboxylic acids is 1. The molecule has 1 aromatic heterocycles. The van der Waals surface area contributed by atoms with E-state index in [9.17, 15) is 13.2 Å². The third kappa shape index (κ3) is 4.54. The molecule has 1 aliphatic rings. The molecule has 2 heterocycles. The molecule has 0 saturated carbocycles. The monoisotopic (exact) mass is 389 g/mol. The number of benzene rings is 1. The summed E-state index contributed by atoms with van der Waals surface area (Å²) in [5.41, 5.74) is 1.07. The zero-order valence-corrected chi connectivity index (χ0v) is 16.2. The molecule has 3 rings (SSSR count). The standard InChI is InChI=1S/C18H23N5O3S/c1-3-15-4-6-16(7-5-15)27(25,26)21-17-8-9-18(20-19-17)23-12-10-22(11-13-23)14(2)24/h4-9H,3,10-13H2,1-2H3,(H,19,21). The second-order valence-corrected chi connectivity index (χ2v) is 8.06. The summed E-state index contributed by atoms with van der Waals surface area (Å²) in [4.78, 5) is 15.4. The highest BCUT2D eigenvalue weighted by molar-refractivity contribution is 7.92. The van der Waals surface area contributed by atoms with Crippen LogP contribution in [-0.2, 0) is 21.2 Å². The molecule has 1 amide bonds. The van der Waals surface area contributed by atoms with E-state index in [0.29, 0.717) is 32.0 Å². The van der Waals surface area contributed by atoms with Gasteiger partial charge in [-0.3, -0.25) is 9.52 Å². The van der Waals surface area contributed by atoms with Crippen LogP contribution in [0, 0.1) is 0 Å². The second-order valence-electron chi connectivity index (χ2n) is 6.37. The number of sulfonamides is 1. The Morgan fingerprint density at radius 1 is 1.04 bits per heavy atom. The number of carbonyl (C=O) groups is 1. The van der Waals surface area contributed by atoms with Gasteiger partial charge < -0.3 is 9.80 Å². The Bertz CT molecular complexity index is 890. The fourth-order valence-electron chi connectivity index (χ4n) is 2.90. The van der Waals surface area contributed by atoms with Crippen LogP contribution in [-0.4, -0.2) is 55.6 Å². The summed E-state index contributed by atoms with van der Waals surface area (Å²) in [6.07, 6.45) is 0.849. The molecule has 1 N–H and O–H groups in total. The van der Waals surface area contributed by atoms with E-state index < -0.39 is 10.0 Å². The van der Waals surface area contributed by atoms with E-state index >= 15 is 0 Å². The van der Waals surface area contributed by atoms with Gasteiger partial charge in [0.1, 0.15) is 0 Å². The first kappa shape index (κ1) is 19.1. The number of nitrogens with zero attached hydrogens (tertiary/aromatic N) is 4. The van der Waals surface area contributed by atoms with Crippen molar-refractivity contribution in [2.24, 2.45) is 0 Å². The summed E-state index contributed by atoms with van der Waals surface area (Å²) in [5.74, 6) is 0.895. The third-order valence-corrected chi connectivity index (χ3v) is 5.95. The number of hydrogen-bond acceptors (Lipinski definition) is 6. The molecule has 0 radical (unpaired) electrons. The van der Waals surface area contributed by atoms with Crippen LogP contribution in [0.2, 0.25) is 0 Å². The van der Waals surface area contributed by atoms with E-state index in [4.69, 9.17) is 0 Å². The van der Waals surface area contributed by atoms with Crippen molar-refractivity contribution in [2.45, 2.75) is 25.2 Å². The SMILES string of the molecule is CCc1ccc(S(=O)(=O)Nc2ccc(N3CCN(C(C)=O)CC3)nn2)cc1. The van der Waals surface area contributed by atoms with Crippen LogP contribution in [0.15, 0.2) is 41.3 Å². The second kappa shape index (κ2) is 7.91. The Morgan fingerprint density at radius 2 is 1.70 bits per heavy atom. The van der Waals surface area contributed by atoms with Gasteiger partial charge in [0, 0.05) is 33.1 Å². The minimum Gasteiger partial charge on any atom is -0.352 e. The quantitative estimate of drug-likeness (QED) is 0.833. The maximum absolute atomic E-state index is 12.5. The van der Waals surface area contributed by atoms with Gasteiger partial charge in [-0.2, -0.15) is 0 Å². The van der Waals surface area contributed by atoms with Crippen LogP contribution >= 0.6 is 0 Å². The fourth-order valence-corrected chi connectivity index (χ4v) is 3.90. The Labute approximate surface area is 159 Å². The average molecular weight is 389 g/mol. The van der Waals surface area contributed by atoms with Crippen LogP contribution < -0.4 is 9.62 Å². The van der Waals surface area contributed by atoms with E-state index in [1.54, 1.807) is 48.2 Å². The van der Waals surface area contributed by atoms with Gasteiger partial charge in [-0.1, -0.05) is 19.1 Å². The number of aromatic nitrogens is 2. The van der Waals surface area contributed by atoms with E-state index in [1.807, 2.05) is 11.8 Å². The first-order valence-corrected chi connectivity index (χ1v) is 10.3. The van der Waals surface area contributed by atoms with Crippen molar-refractivity contribution in [3.63, 3.8) is 0 Å². The zero-order chi connectivity index (χ0) is 19.4. The summed E-state index contributed by atoms with van der Waals surface area (Å²) in [6.45, 7) is 6.19. The Balaban J connectivity index is 1.66. The van der Waals surface area contributed by atoms with Crippen LogP contribution in [0.1, 0.15) is 19.4 Å². The van der Waals surface area contributed by atoms with E-state index in [2.05, 4.69) is 14.9 Å². The first-order valence-electron chi connectivity index (χ1n) is 8.85. The van der Waals surface area contributed by atoms with E-state index in [0.717, 1.165) is 12.0 Å². The van der Waals surface area contributed by atoms with Crippen molar-refractivity contribution in [3.05, 3.63) is 42.0 Å². The lowest BCUT2D eigenvalue weighted by Crippen LogP contribution is -2.48. The highest BCUT2D eigenvalue weighted by atomic mass is 32.2. The van der Waals surface area contributed by atoms with Crippen molar-refractivity contribution in [1.29, 1.82) is 0 Å². The lowest BCUT2D eigenvalue weighted by Gasteiger charge is -2.34. The molecule has 1 aromatic carbocycles. The van der Waals surface area contributed by atoms with Gasteiger partial charge in [0.2, 0.25) is 5.91 Å². The minimum atomic E-state index is -3.70. The Kier molecular flexibility index (Phi) is 5.59. The molecular formula is C18H23N5O3S. The largest absolute Gasteiger partial charge is 0.352 e. The van der Waals surface area contributed by atoms with Crippen molar-refractivity contribution in [2.75, 3.05) is 35.8 Å². The van der Waals surface area contributed by atoms with E-state index in [-0.39, 0.29) is 16.6 Å². The van der Waals surface area contributed by atoms with Gasteiger partial charge in [0.15, 0.2) is 11.6 Å². The maximum Gasteiger partial charge on any atom is 0.263 e. The zero-order valence-electron chi connectivity index (χ0n) is 15.4. The molecule has 0 spiro atoms. The molecule has 8 nitrogen and oxygen atoms in total. The summed E-state index contributed by atoms with van der Waals surface area (Å²) in [7, 11) is -3.70. The van der Waals surface area contributed by atoms with Crippen LogP contribution in [0.5, 0.6) is 0 Å². The summed E-state index contributed by atoms with van der Waals surface area (Å²) in [5, 5.41) is 8.11. The summed E-state index contributed by atoms with van der Waals surface area (Å²) >= 11 is 0. The van der Waals surface area contributed by atoms with Crippen LogP contribution in [0.25, 0.3) is 0 Å². The number of piperazine rings is 1. The van der Waals surface area contributed by atoms with Crippen molar-refractivity contribution in [1.82, 2.24) is 15.1 Å². The van der Waals surface area contributed by atoms with Gasteiger partial charge >= 0.3 is 0 Å². The number of aryl methyl sites for hydroxylation is 1. The van der Waals surface area contributed by atoms with Gasteiger partial charge in [-0.25, -0.2) is 8.42 Å². The normalized spacial score (nSPS) is 14.9. The predicted octanol–water partition coefficient (Wildman–Crippen LogP) is 1.51. The molecular weight excluding hydrogens is 366 g/mol. The number of hydrogen-bond donors (Lipinski definition) is 1. The molecule has 0 unspecified atom stereocenters. The minimum absolute atomic E-state index is 0.0671. The predicted molar refractivity (Wildman–Crippen MR) is 103 cm³/mol. The maximum atomic E-state index is 12.5. The third-order valence-electron chi connectivity index (χ3n) is 4.58. The number of anilines is 2. The van der Waals surface area contributed by atoms with E-state index in [1.165, 1.54) is 0 Å². The van der Waals surface area contributed by atoms with Crippen molar-refractivity contribution >= 4 is 27.6 Å². The fraction of sp³-hybridized carbons (Fsp3) is 0.389. The molecule has 9 heteroatoms. The van der Waals surface area contributed by atoms with Crippen LogP contribution in [0.3, 0.4) is 0 Å². The molecule has 0 aliphatic carbocycles. The first-order chi connectivity index (χ1) is 12.9. The molecule has 1 fully saturated rings. The number of nitrogens with one attached hydrogen (secondary N) is 1. The van der Waals surface area contributed by atoms with Crippen molar-refractivity contribution in [3.8, 4) is 0 Å². The smallest absolute Gasteiger partial charge is 0.263 e. The van der Waals surface area contributed by atoms with Gasteiger partial charge in [0.25, 0.3) is 10.0 Å². The molecule has 0 bridgehead atoms. The number of rotatable bonds is 5. The molecule has 1 aliphatic heterocycles.